The summed E-state index contributed by atoms with van der Waals surface area (Å²) in [5.74, 6) is 0.646. The second-order valence-corrected chi connectivity index (χ2v) is 4.33. The Labute approximate surface area is 127 Å². The van der Waals surface area contributed by atoms with Crippen molar-refractivity contribution in [2.75, 3.05) is 0 Å². The molecule has 0 aliphatic heterocycles. The quantitative estimate of drug-likeness (QED) is 0.918. The first-order valence-electron chi connectivity index (χ1n) is 6.07. The molecule has 21 heavy (non-hydrogen) atoms. The lowest BCUT2D eigenvalue weighted by molar-refractivity contribution is -0.137. The average molecular weight is 318 g/mol. The van der Waals surface area contributed by atoms with E-state index in [9.17, 15) is 13.2 Å². The molecule has 0 saturated carbocycles. The molecule has 0 aliphatic rings. The fourth-order valence-electron chi connectivity index (χ4n) is 1.72. The topological polar surface area (TPSA) is 35.2 Å². The van der Waals surface area contributed by atoms with Crippen molar-refractivity contribution < 1.29 is 17.9 Å². The first-order valence-corrected chi connectivity index (χ1v) is 6.07. The first kappa shape index (κ1) is 17.3. The lowest BCUT2D eigenvalue weighted by Crippen LogP contribution is -2.05. The van der Waals surface area contributed by atoms with Gasteiger partial charge in [0.15, 0.2) is 0 Å². The molecule has 6 heteroatoms. The highest BCUT2D eigenvalue weighted by Crippen LogP contribution is 2.29. The highest BCUT2D eigenvalue weighted by atomic mass is 35.5. The highest BCUT2D eigenvalue weighted by molar-refractivity contribution is 5.85. The zero-order valence-electron chi connectivity index (χ0n) is 11.1. The number of hydrogen-bond donors (Lipinski definition) is 1. The number of alkyl halides is 3. The minimum absolute atomic E-state index is 0. The van der Waals surface area contributed by atoms with Gasteiger partial charge in [0.25, 0.3) is 0 Å². The monoisotopic (exact) mass is 317 g/mol. The summed E-state index contributed by atoms with van der Waals surface area (Å²) in [6.45, 7) is 0.629. The van der Waals surface area contributed by atoms with E-state index in [4.69, 9.17) is 10.5 Å². The number of nitrogens with two attached hydrogens (primary N) is 1. The third-order valence-electron chi connectivity index (χ3n) is 2.82. The first-order chi connectivity index (χ1) is 9.49. The van der Waals surface area contributed by atoms with Crippen LogP contribution in [0.4, 0.5) is 13.2 Å². The minimum atomic E-state index is -4.31. The van der Waals surface area contributed by atoms with Gasteiger partial charge >= 0.3 is 6.18 Å². The van der Waals surface area contributed by atoms with Crippen LogP contribution < -0.4 is 10.5 Å². The molecule has 2 nitrogen and oxygen atoms in total. The van der Waals surface area contributed by atoms with Crippen molar-refractivity contribution >= 4 is 12.4 Å². The van der Waals surface area contributed by atoms with Crippen LogP contribution in [0, 0.1) is 0 Å². The zero-order chi connectivity index (χ0) is 14.6. The van der Waals surface area contributed by atoms with E-state index in [0.717, 1.165) is 17.7 Å². The van der Waals surface area contributed by atoms with Gasteiger partial charge < -0.3 is 10.5 Å². The predicted molar refractivity (Wildman–Crippen MR) is 77.4 cm³/mol. The molecular weight excluding hydrogens is 303 g/mol. The average Bonchev–Trinajstić information content (AvgIpc) is 2.45. The highest BCUT2D eigenvalue weighted by Gasteiger charge is 2.29. The van der Waals surface area contributed by atoms with Crippen LogP contribution in [0.1, 0.15) is 16.7 Å². The molecule has 114 valence electrons. The molecule has 2 rings (SSSR count). The van der Waals surface area contributed by atoms with E-state index in [0.29, 0.717) is 17.9 Å². The molecule has 0 aromatic heterocycles. The van der Waals surface area contributed by atoms with Crippen LogP contribution in [0.25, 0.3) is 0 Å². The van der Waals surface area contributed by atoms with Gasteiger partial charge in [0.05, 0.1) is 5.56 Å². The molecule has 0 radical (unpaired) electrons. The van der Waals surface area contributed by atoms with Gasteiger partial charge in [-0.25, -0.2) is 0 Å². The number of rotatable bonds is 4. The van der Waals surface area contributed by atoms with Crippen molar-refractivity contribution in [3.05, 3.63) is 65.2 Å². The van der Waals surface area contributed by atoms with Crippen molar-refractivity contribution in [2.45, 2.75) is 19.3 Å². The van der Waals surface area contributed by atoms with Gasteiger partial charge in [0.1, 0.15) is 12.4 Å². The molecule has 0 bridgehead atoms. The molecule has 0 atom stereocenters. The second kappa shape index (κ2) is 7.33. The summed E-state index contributed by atoms with van der Waals surface area (Å²) in [5.41, 5.74) is 6.48. The maximum Gasteiger partial charge on any atom is 0.416 e. The summed E-state index contributed by atoms with van der Waals surface area (Å²) in [4.78, 5) is 0. The van der Waals surface area contributed by atoms with Crippen LogP contribution in [0.3, 0.4) is 0 Å². The van der Waals surface area contributed by atoms with Gasteiger partial charge in [-0.2, -0.15) is 13.2 Å². The van der Waals surface area contributed by atoms with Crippen LogP contribution in [0.15, 0.2) is 48.5 Å². The summed E-state index contributed by atoms with van der Waals surface area (Å²) in [6, 6.07) is 12.2. The van der Waals surface area contributed by atoms with Gasteiger partial charge in [0.2, 0.25) is 0 Å². The van der Waals surface area contributed by atoms with Crippen LogP contribution in [0.5, 0.6) is 5.75 Å². The summed E-state index contributed by atoms with van der Waals surface area (Å²) in [5, 5.41) is 0. The lowest BCUT2D eigenvalue weighted by atomic mass is 10.1. The Kier molecular flexibility index (Phi) is 6.05. The van der Waals surface area contributed by atoms with Crippen molar-refractivity contribution in [3.63, 3.8) is 0 Å². The molecule has 0 aliphatic carbocycles. The predicted octanol–water partition coefficient (Wildman–Crippen LogP) is 4.16. The van der Waals surface area contributed by atoms with E-state index in [1.165, 1.54) is 12.1 Å². The fourth-order valence-corrected chi connectivity index (χ4v) is 1.72. The van der Waals surface area contributed by atoms with E-state index in [1.54, 1.807) is 6.07 Å². The van der Waals surface area contributed by atoms with E-state index < -0.39 is 11.7 Å². The largest absolute Gasteiger partial charge is 0.489 e. The molecule has 2 aromatic rings. The zero-order valence-corrected chi connectivity index (χ0v) is 11.9. The third kappa shape index (κ3) is 4.95. The van der Waals surface area contributed by atoms with E-state index in [2.05, 4.69) is 0 Å². The summed E-state index contributed by atoms with van der Waals surface area (Å²) in [6.07, 6.45) is -4.31. The lowest BCUT2D eigenvalue weighted by Gasteiger charge is -2.09. The molecule has 0 unspecified atom stereocenters. The maximum atomic E-state index is 12.4. The Morgan fingerprint density at radius 2 is 1.62 bits per heavy atom. The Bertz CT molecular complexity index is 570. The Morgan fingerprint density at radius 1 is 0.952 bits per heavy atom. The SMILES string of the molecule is Cl.NCc1cccc(OCc2ccc(C(F)(F)F)cc2)c1. The molecule has 0 heterocycles. The molecule has 0 fully saturated rings. The summed E-state index contributed by atoms with van der Waals surface area (Å²) >= 11 is 0. The maximum absolute atomic E-state index is 12.4. The van der Waals surface area contributed by atoms with Crippen LogP contribution in [-0.4, -0.2) is 0 Å². The number of halogens is 4. The summed E-state index contributed by atoms with van der Waals surface area (Å²) < 4.78 is 42.8. The van der Waals surface area contributed by atoms with Crippen molar-refractivity contribution in [1.29, 1.82) is 0 Å². The van der Waals surface area contributed by atoms with Gasteiger partial charge in [-0.1, -0.05) is 24.3 Å². The molecule has 2 aromatic carbocycles. The molecule has 0 amide bonds. The fraction of sp³-hybridized carbons (Fsp3) is 0.200. The van der Waals surface area contributed by atoms with Gasteiger partial charge in [-0.05, 0) is 35.4 Å². The number of benzene rings is 2. The molecule has 2 N–H and O–H groups in total. The third-order valence-corrected chi connectivity index (χ3v) is 2.82. The van der Waals surface area contributed by atoms with E-state index >= 15 is 0 Å². The van der Waals surface area contributed by atoms with Crippen molar-refractivity contribution in [2.24, 2.45) is 5.73 Å². The molecule has 0 saturated heterocycles. The minimum Gasteiger partial charge on any atom is -0.489 e. The summed E-state index contributed by atoms with van der Waals surface area (Å²) in [7, 11) is 0. The van der Waals surface area contributed by atoms with E-state index in [1.807, 2.05) is 18.2 Å². The Hall–Kier alpha value is -1.72. The van der Waals surface area contributed by atoms with Gasteiger partial charge in [-0.15, -0.1) is 12.4 Å². The van der Waals surface area contributed by atoms with Crippen LogP contribution >= 0.6 is 12.4 Å². The van der Waals surface area contributed by atoms with Gasteiger partial charge in [-0.3, -0.25) is 0 Å². The number of ether oxygens (including phenoxy) is 1. The smallest absolute Gasteiger partial charge is 0.416 e. The molecular formula is C15H15ClF3NO. The van der Waals surface area contributed by atoms with E-state index in [-0.39, 0.29) is 19.0 Å². The van der Waals surface area contributed by atoms with Crippen molar-refractivity contribution in [1.82, 2.24) is 0 Å². The van der Waals surface area contributed by atoms with Gasteiger partial charge in [0, 0.05) is 6.54 Å². The van der Waals surface area contributed by atoms with Crippen LogP contribution in [-0.2, 0) is 19.3 Å². The van der Waals surface area contributed by atoms with Crippen molar-refractivity contribution in [3.8, 4) is 5.75 Å². The van der Waals surface area contributed by atoms with Crippen LogP contribution in [0.2, 0.25) is 0 Å². The standard InChI is InChI=1S/C15H14F3NO.ClH/c16-15(17,18)13-6-4-11(5-7-13)10-20-14-3-1-2-12(8-14)9-19;/h1-8H,9-10,19H2;1H. The normalized spacial score (nSPS) is 10.9. The Balaban J connectivity index is 0.00000220. The second-order valence-electron chi connectivity index (χ2n) is 4.33. The molecule has 0 spiro atoms. The number of hydrogen-bond acceptors (Lipinski definition) is 2. The Morgan fingerprint density at radius 3 is 2.19 bits per heavy atom.